The maximum Gasteiger partial charge on any atom is 0.326 e. The Morgan fingerprint density at radius 2 is 1.77 bits per heavy atom. The minimum absolute atomic E-state index is 0.0806. The Morgan fingerprint density at radius 3 is 2.34 bits per heavy atom. The lowest BCUT2D eigenvalue weighted by molar-refractivity contribution is -0.144. The Bertz CT molecular complexity index is 799. The number of rotatable bonds is 15. The summed E-state index contributed by atoms with van der Waals surface area (Å²) in [5.74, 6) is -3.26. The van der Waals surface area contributed by atoms with Gasteiger partial charge in [0.1, 0.15) is 24.2 Å². The fraction of sp³-hybridized carbons (Fsp3) is 0.667. The number of carboxylic acid groups (broad SMARTS) is 1. The van der Waals surface area contributed by atoms with Crippen molar-refractivity contribution in [3.63, 3.8) is 0 Å². The van der Waals surface area contributed by atoms with Gasteiger partial charge in [-0.15, -0.1) is 0 Å². The van der Waals surface area contributed by atoms with Crippen LogP contribution in [0.25, 0.3) is 0 Å². The van der Waals surface area contributed by atoms with Crippen molar-refractivity contribution in [1.82, 2.24) is 15.5 Å². The summed E-state index contributed by atoms with van der Waals surface area (Å²) in [5, 5.41) is 24.1. The third kappa shape index (κ3) is 9.88. The number of hydrogen-bond donors (Lipinski definition) is 8. The highest BCUT2D eigenvalue weighted by Gasteiger charge is 2.36. The highest BCUT2D eigenvalue weighted by molar-refractivity contribution is 5.95. The molecule has 1 aliphatic rings. The monoisotopic (exact) mass is 498 g/mol. The number of carboxylic acids is 1. The first kappa shape index (κ1) is 29.8. The fourth-order valence-corrected chi connectivity index (χ4v) is 3.43. The zero-order valence-corrected chi connectivity index (χ0v) is 19.9. The van der Waals surface area contributed by atoms with E-state index < -0.39 is 54.0 Å². The van der Waals surface area contributed by atoms with Crippen LogP contribution in [-0.4, -0.2) is 94.7 Å². The first-order chi connectivity index (χ1) is 16.5. The lowest BCUT2D eigenvalue weighted by Gasteiger charge is -2.30. The van der Waals surface area contributed by atoms with Crippen LogP contribution in [0.4, 0.5) is 0 Å². The largest absolute Gasteiger partial charge is 0.480 e. The number of guanidine groups is 1. The molecule has 1 rings (SSSR count). The number of nitrogens with one attached hydrogen (secondary N) is 2. The molecule has 0 aliphatic carbocycles. The number of unbranched alkanes of at least 4 members (excludes halogenated alkanes) is 1. The molecular formula is C21H38N8O6. The van der Waals surface area contributed by atoms with E-state index in [4.69, 9.17) is 22.9 Å². The number of aliphatic hydroxyl groups excluding tert-OH is 1. The number of aliphatic carboxylic acids is 1. The van der Waals surface area contributed by atoms with Crippen molar-refractivity contribution < 1.29 is 29.4 Å². The number of amides is 3. The first-order valence-electron chi connectivity index (χ1n) is 11.5. The average Bonchev–Trinajstić information content (AvgIpc) is 3.29. The molecule has 14 nitrogen and oxygen atoms in total. The second-order valence-corrected chi connectivity index (χ2v) is 8.32. The van der Waals surface area contributed by atoms with Crippen LogP contribution < -0.4 is 33.6 Å². The molecule has 198 valence electrons. The summed E-state index contributed by atoms with van der Waals surface area (Å²) in [6, 6.07) is -4.48. The van der Waals surface area contributed by atoms with Gasteiger partial charge < -0.3 is 48.7 Å². The van der Waals surface area contributed by atoms with Crippen molar-refractivity contribution in [2.24, 2.45) is 27.9 Å². The molecule has 0 fully saturated rings. The molecule has 0 aromatic carbocycles. The molecule has 5 atom stereocenters. The van der Waals surface area contributed by atoms with Crippen molar-refractivity contribution in [3.05, 3.63) is 12.2 Å². The second kappa shape index (κ2) is 14.9. The molecule has 0 aromatic heterocycles. The molecule has 0 spiro atoms. The minimum Gasteiger partial charge on any atom is -0.480 e. The van der Waals surface area contributed by atoms with Crippen LogP contribution in [0.5, 0.6) is 0 Å². The van der Waals surface area contributed by atoms with Crippen molar-refractivity contribution in [2.75, 3.05) is 19.6 Å². The van der Waals surface area contributed by atoms with Gasteiger partial charge in [-0.2, -0.15) is 0 Å². The molecule has 1 heterocycles. The molecular weight excluding hydrogens is 460 g/mol. The van der Waals surface area contributed by atoms with Gasteiger partial charge in [0.15, 0.2) is 5.96 Å². The number of nitrogens with two attached hydrogens (primary N) is 4. The molecule has 35 heavy (non-hydrogen) atoms. The predicted octanol–water partition coefficient (Wildman–Crippen LogP) is -3.30. The van der Waals surface area contributed by atoms with E-state index in [1.165, 1.54) is 17.9 Å². The lowest BCUT2D eigenvalue weighted by atomic mass is 10.1. The van der Waals surface area contributed by atoms with E-state index >= 15 is 0 Å². The van der Waals surface area contributed by atoms with Crippen LogP contribution in [0, 0.1) is 0 Å². The van der Waals surface area contributed by atoms with E-state index in [0.717, 1.165) is 0 Å². The maximum atomic E-state index is 13.3. The van der Waals surface area contributed by atoms with Gasteiger partial charge in [-0.1, -0.05) is 12.2 Å². The Balaban J connectivity index is 2.90. The maximum absolute atomic E-state index is 13.3. The first-order valence-corrected chi connectivity index (χ1v) is 11.5. The summed E-state index contributed by atoms with van der Waals surface area (Å²) in [4.78, 5) is 55.2. The molecule has 0 unspecified atom stereocenters. The Morgan fingerprint density at radius 1 is 1.11 bits per heavy atom. The van der Waals surface area contributed by atoms with Crippen LogP contribution in [0.3, 0.4) is 0 Å². The molecule has 12 N–H and O–H groups in total. The number of aliphatic hydroxyl groups is 1. The van der Waals surface area contributed by atoms with E-state index in [9.17, 15) is 29.4 Å². The molecule has 0 aromatic rings. The third-order valence-electron chi connectivity index (χ3n) is 5.45. The van der Waals surface area contributed by atoms with Gasteiger partial charge in [-0.3, -0.25) is 19.4 Å². The molecule has 0 saturated heterocycles. The van der Waals surface area contributed by atoms with Gasteiger partial charge in [0.25, 0.3) is 0 Å². The molecule has 0 saturated carbocycles. The number of aliphatic imine (C=N–C) groups is 1. The third-order valence-corrected chi connectivity index (χ3v) is 5.45. The van der Waals surface area contributed by atoms with Gasteiger partial charge in [-0.05, 0) is 45.6 Å². The molecule has 14 heteroatoms. The summed E-state index contributed by atoms with van der Waals surface area (Å²) >= 11 is 0. The van der Waals surface area contributed by atoms with E-state index in [1.54, 1.807) is 6.08 Å². The van der Waals surface area contributed by atoms with Gasteiger partial charge in [-0.25, -0.2) is 4.79 Å². The molecule has 1 aliphatic heterocycles. The van der Waals surface area contributed by atoms with Crippen molar-refractivity contribution in [3.8, 4) is 0 Å². The quantitative estimate of drug-likeness (QED) is 0.0483. The highest BCUT2D eigenvalue weighted by atomic mass is 16.4. The zero-order valence-electron chi connectivity index (χ0n) is 19.9. The van der Waals surface area contributed by atoms with E-state index in [2.05, 4.69) is 15.6 Å². The summed E-state index contributed by atoms with van der Waals surface area (Å²) in [6.45, 7) is 2.06. The summed E-state index contributed by atoms with van der Waals surface area (Å²) in [5.41, 5.74) is 21.7. The van der Waals surface area contributed by atoms with Crippen LogP contribution in [0.15, 0.2) is 17.1 Å². The van der Waals surface area contributed by atoms with Crippen LogP contribution in [-0.2, 0) is 19.2 Å². The second-order valence-electron chi connectivity index (χ2n) is 8.32. The summed E-state index contributed by atoms with van der Waals surface area (Å²) in [6.07, 6.45) is 3.77. The van der Waals surface area contributed by atoms with Gasteiger partial charge in [0.05, 0.1) is 6.10 Å². The van der Waals surface area contributed by atoms with E-state index in [1.807, 2.05) is 0 Å². The molecule has 0 bridgehead atoms. The van der Waals surface area contributed by atoms with E-state index in [-0.39, 0.29) is 31.9 Å². The van der Waals surface area contributed by atoms with Gasteiger partial charge in [0.2, 0.25) is 17.7 Å². The Hall–Kier alpha value is -3.23. The van der Waals surface area contributed by atoms with Crippen molar-refractivity contribution in [1.29, 1.82) is 0 Å². The Labute approximate surface area is 204 Å². The van der Waals surface area contributed by atoms with E-state index in [0.29, 0.717) is 25.8 Å². The average molecular weight is 499 g/mol. The lowest BCUT2D eigenvalue weighted by Crippen LogP contribution is -2.58. The van der Waals surface area contributed by atoms with Crippen LogP contribution >= 0.6 is 0 Å². The topological polar surface area (TPSA) is 252 Å². The molecule has 3 amide bonds. The SMILES string of the molecule is C[C@H](O)[C@H](N)C(=O)N[C@H](CCCCN)C(=O)N1CC=C[C@@H]1C(=O)N[C@@H](CCCN=C(N)N)C(=O)O. The van der Waals surface area contributed by atoms with Crippen molar-refractivity contribution >= 4 is 29.7 Å². The minimum atomic E-state index is -1.23. The smallest absolute Gasteiger partial charge is 0.326 e. The Kier molecular flexibility index (Phi) is 12.7. The highest BCUT2D eigenvalue weighted by Crippen LogP contribution is 2.15. The number of carbonyl (C=O) groups is 4. The summed E-state index contributed by atoms with van der Waals surface area (Å²) < 4.78 is 0. The van der Waals surface area contributed by atoms with Crippen LogP contribution in [0.1, 0.15) is 39.0 Å². The van der Waals surface area contributed by atoms with Gasteiger partial charge >= 0.3 is 5.97 Å². The van der Waals surface area contributed by atoms with Crippen molar-refractivity contribution in [2.45, 2.75) is 69.3 Å². The summed E-state index contributed by atoms with van der Waals surface area (Å²) in [7, 11) is 0. The predicted molar refractivity (Wildman–Crippen MR) is 129 cm³/mol. The standard InChI is InChI=1S/C21H38N8O6/c1-12(30)16(23)18(32)27-13(6-2-3-9-22)19(33)29-11-5-8-15(29)17(31)28-14(20(34)35)7-4-10-26-21(24)25/h5,8,12-16,30H,2-4,6-7,9-11,22-23H2,1H3,(H,27,32)(H,28,31)(H,34,35)(H4,24,25,26)/t12-,13+,14-,15+,16-/m0/s1. The number of carbonyl (C=O) groups excluding carboxylic acids is 3. The van der Waals surface area contributed by atoms with Gasteiger partial charge in [0, 0.05) is 13.1 Å². The number of hydrogen-bond acceptors (Lipinski definition) is 8. The number of nitrogens with zero attached hydrogens (tertiary/aromatic N) is 2. The molecule has 0 radical (unpaired) electrons. The fourth-order valence-electron chi connectivity index (χ4n) is 3.43. The normalized spacial score (nSPS) is 18.3. The zero-order chi connectivity index (χ0) is 26.5. The van der Waals surface area contributed by atoms with Crippen LogP contribution in [0.2, 0.25) is 0 Å².